The van der Waals surface area contributed by atoms with E-state index < -0.39 is 12.2 Å². The summed E-state index contributed by atoms with van der Waals surface area (Å²) in [5.74, 6) is 6.50. The number of methoxy groups -OCH3 is 1. The summed E-state index contributed by atoms with van der Waals surface area (Å²) in [6.07, 6.45) is 4.94. The van der Waals surface area contributed by atoms with Crippen LogP contribution in [0.15, 0.2) is 49.1 Å². The van der Waals surface area contributed by atoms with Gasteiger partial charge in [0.15, 0.2) is 0 Å². The number of aliphatic hydroxyl groups is 2. The van der Waals surface area contributed by atoms with Gasteiger partial charge in [0.05, 0.1) is 38.6 Å². The molecule has 0 radical (unpaired) electrons. The highest BCUT2D eigenvalue weighted by Crippen LogP contribution is 2.18. The molecule has 2 rings (SSSR count). The molecule has 1 unspecified atom stereocenters. The van der Waals surface area contributed by atoms with Crippen molar-refractivity contribution in [3.05, 3.63) is 54.6 Å². The summed E-state index contributed by atoms with van der Waals surface area (Å²) in [4.78, 5) is 0. The molecule has 1 aromatic carbocycles. The minimum absolute atomic E-state index is 0.0750. The van der Waals surface area contributed by atoms with Gasteiger partial charge in [-0.15, -0.1) is 6.58 Å². The van der Waals surface area contributed by atoms with Crippen LogP contribution in [-0.2, 0) is 16.1 Å². The van der Waals surface area contributed by atoms with Crippen LogP contribution in [0.4, 0.5) is 0 Å². The van der Waals surface area contributed by atoms with E-state index in [0.29, 0.717) is 32.5 Å². The van der Waals surface area contributed by atoms with Crippen LogP contribution in [0.5, 0.6) is 5.75 Å². The highest BCUT2D eigenvalue weighted by molar-refractivity contribution is 5.26. The maximum Gasteiger partial charge on any atom is 0.118 e. The number of hydrogen-bond acceptors (Lipinski definition) is 5. The fraction of sp³-hybridized carbons (Fsp3) is 0.455. The molecule has 1 aliphatic heterocycles. The van der Waals surface area contributed by atoms with E-state index in [0.717, 1.165) is 11.3 Å². The van der Waals surface area contributed by atoms with Gasteiger partial charge in [-0.2, -0.15) is 0 Å². The molecule has 0 bridgehead atoms. The number of aliphatic hydroxyl groups excluding tert-OH is 2. The first-order valence-electron chi connectivity index (χ1n) is 9.12. The van der Waals surface area contributed by atoms with Crippen molar-refractivity contribution >= 4 is 0 Å². The number of rotatable bonds is 9. The van der Waals surface area contributed by atoms with E-state index in [2.05, 4.69) is 18.4 Å². The lowest BCUT2D eigenvalue weighted by atomic mass is 10.0. The highest BCUT2D eigenvalue weighted by Gasteiger charge is 2.24. The van der Waals surface area contributed by atoms with Crippen LogP contribution in [0.25, 0.3) is 0 Å². The number of hydrogen-bond donors (Lipinski definition) is 2. The van der Waals surface area contributed by atoms with Gasteiger partial charge in [-0.3, -0.25) is 0 Å². The summed E-state index contributed by atoms with van der Waals surface area (Å²) in [6.45, 7) is 4.58. The Kier molecular flexibility index (Phi) is 9.09. The van der Waals surface area contributed by atoms with E-state index in [1.54, 1.807) is 19.3 Å². The Bertz CT molecular complexity index is 656. The quantitative estimate of drug-likeness (QED) is 0.396. The smallest absolute Gasteiger partial charge is 0.118 e. The van der Waals surface area contributed by atoms with Gasteiger partial charge >= 0.3 is 0 Å². The molecule has 1 heterocycles. The topological polar surface area (TPSA) is 68.2 Å². The van der Waals surface area contributed by atoms with Gasteiger partial charge in [0.2, 0.25) is 0 Å². The molecule has 146 valence electrons. The lowest BCUT2D eigenvalue weighted by Gasteiger charge is -2.28. The fourth-order valence-corrected chi connectivity index (χ4v) is 2.64. The molecule has 0 saturated heterocycles. The van der Waals surface area contributed by atoms with Crippen LogP contribution in [-0.4, -0.2) is 48.3 Å². The Balaban J connectivity index is 1.66. The summed E-state index contributed by atoms with van der Waals surface area (Å²) >= 11 is 0. The van der Waals surface area contributed by atoms with Gasteiger partial charge in [-0.1, -0.05) is 42.2 Å². The van der Waals surface area contributed by atoms with E-state index in [-0.39, 0.29) is 12.2 Å². The molecule has 4 atom stereocenters. The van der Waals surface area contributed by atoms with Gasteiger partial charge in [0.1, 0.15) is 11.9 Å². The minimum atomic E-state index is -0.763. The molecular weight excluding hydrogens is 344 g/mol. The molecule has 1 aromatic rings. The second-order valence-electron chi connectivity index (χ2n) is 6.34. The van der Waals surface area contributed by atoms with Gasteiger partial charge in [0, 0.05) is 12.8 Å². The van der Waals surface area contributed by atoms with E-state index in [1.807, 2.05) is 30.3 Å². The summed E-state index contributed by atoms with van der Waals surface area (Å²) in [7, 11) is 1.63. The van der Waals surface area contributed by atoms with E-state index >= 15 is 0 Å². The van der Waals surface area contributed by atoms with Crippen molar-refractivity contribution in [2.45, 2.75) is 50.3 Å². The molecule has 0 saturated carbocycles. The Morgan fingerprint density at radius 2 is 2.07 bits per heavy atom. The third-order valence-corrected chi connectivity index (χ3v) is 4.19. The molecule has 0 fully saturated rings. The molecule has 0 amide bonds. The van der Waals surface area contributed by atoms with Crippen LogP contribution in [0.3, 0.4) is 0 Å². The predicted molar refractivity (Wildman–Crippen MR) is 104 cm³/mol. The van der Waals surface area contributed by atoms with E-state index in [9.17, 15) is 10.2 Å². The molecule has 0 spiro atoms. The molecule has 27 heavy (non-hydrogen) atoms. The van der Waals surface area contributed by atoms with Gasteiger partial charge in [-0.25, -0.2) is 0 Å². The van der Waals surface area contributed by atoms with Crippen molar-refractivity contribution in [3.8, 4) is 17.6 Å². The second-order valence-corrected chi connectivity index (χ2v) is 6.34. The van der Waals surface area contributed by atoms with Crippen molar-refractivity contribution < 1.29 is 24.4 Å². The molecule has 0 aliphatic carbocycles. The monoisotopic (exact) mass is 372 g/mol. The van der Waals surface area contributed by atoms with Crippen molar-refractivity contribution in [1.29, 1.82) is 0 Å². The van der Waals surface area contributed by atoms with Crippen LogP contribution >= 0.6 is 0 Å². The standard InChI is InChI=1S/C22H28O5/c1-3-5-20-12-13-21(24)22(27-20)7-4-6-18(23)14-15-26-16-17-8-10-19(25-2)11-9-17/h3,8-13,18,20-24H,1,5,7,14-16H2,2H3/t18?,20-,21+,22-/m1/s1. The van der Waals surface area contributed by atoms with Gasteiger partial charge in [0.25, 0.3) is 0 Å². The average Bonchev–Trinajstić information content (AvgIpc) is 2.68. The summed E-state index contributed by atoms with van der Waals surface area (Å²) in [5.41, 5.74) is 1.04. The third-order valence-electron chi connectivity index (χ3n) is 4.19. The maximum atomic E-state index is 9.95. The lowest BCUT2D eigenvalue weighted by Crippen LogP contribution is -2.34. The maximum absolute atomic E-state index is 9.95. The van der Waals surface area contributed by atoms with Crippen molar-refractivity contribution in [3.63, 3.8) is 0 Å². The van der Waals surface area contributed by atoms with Gasteiger partial charge < -0.3 is 24.4 Å². The Morgan fingerprint density at radius 1 is 1.30 bits per heavy atom. The number of ether oxygens (including phenoxy) is 3. The van der Waals surface area contributed by atoms with Crippen LogP contribution in [0.2, 0.25) is 0 Å². The minimum Gasteiger partial charge on any atom is -0.497 e. The Morgan fingerprint density at radius 3 is 2.78 bits per heavy atom. The molecule has 1 aliphatic rings. The normalized spacial score (nSPS) is 22.6. The summed E-state index contributed by atoms with van der Waals surface area (Å²) in [5, 5.41) is 19.9. The summed E-state index contributed by atoms with van der Waals surface area (Å²) < 4.78 is 16.4. The van der Waals surface area contributed by atoms with Crippen molar-refractivity contribution in [2.75, 3.05) is 13.7 Å². The van der Waals surface area contributed by atoms with Crippen LogP contribution in [0.1, 0.15) is 24.8 Å². The third kappa shape index (κ3) is 7.58. The second kappa shape index (κ2) is 11.6. The molecule has 2 N–H and O–H groups in total. The van der Waals surface area contributed by atoms with E-state index in [4.69, 9.17) is 14.2 Å². The first-order chi connectivity index (χ1) is 13.1. The van der Waals surface area contributed by atoms with E-state index in [1.165, 1.54) is 0 Å². The van der Waals surface area contributed by atoms with Crippen LogP contribution in [0, 0.1) is 11.8 Å². The van der Waals surface area contributed by atoms with Crippen molar-refractivity contribution in [1.82, 2.24) is 0 Å². The zero-order valence-electron chi connectivity index (χ0n) is 15.7. The Hall–Kier alpha value is -2.10. The molecule has 0 aromatic heterocycles. The number of benzene rings is 1. The zero-order valence-corrected chi connectivity index (χ0v) is 15.7. The predicted octanol–water partition coefficient (Wildman–Crippen LogP) is 2.62. The van der Waals surface area contributed by atoms with Gasteiger partial charge in [-0.05, 0) is 24.1 Å². The average molecular weight is 372 g/mol. The lowest BCUT2D eigenvalue weighted by molar-refractivity contribution is -0.0516. The molecule has 5 heteroatoms. The first kappa shape index (κ1) is 21.2. The van der Waals surface area contributed by atoms with Crippen molar-refractivity contribution in [2.24, 2.45) is 0 Å². The van der Waals surface area contributed by atoms with Crippen LogP contribution < -0.4 is 4.74 Å². The SMILES string of the molecule is C=CC[C@@H]1C=C[C@H](O)[C@@H](CC#CC(O)CCOCc2ccc(OC)cc2)O1. The summed E-state index contributed by atoms with van der Waals surface area (Å²) in [6, 6.07) is 7.66. The fourth-order valence-electron chi connectivity index (χ4n) is 2.64. The largest absolute Gasteiger partial charge is 0.497 e. The Labute approximate surface area is 161 Å². The highest BCUT2D eigenvalue weighted by atomic mass is 16.5. The first-order valence-corrected chi connectivity index (χ1v) is 9.12. The molecule has 5 nitrogen and oxygen atoms in total. The molecular formula is C22H28O5. The zero-order chi connectivity index (χ0) is 19.5.